The Morgan fingerprint density at radius 2 is 1.63 bits per heavy atom. The molecule has 0 aliphatic heterocycles. The molecule has 4 heteroatoms. The number of rotatable bonds is 5. The number of hydrogen-bond acceptors (Lipinski definition) is 0. The molecule has 0 aromatic rings. The molecule has 1 aliphatic carbocycles. The molecule has 0 aromatic carbocycles. The first kappa shape index (κ1) is 27.6. The number of hydrogen-bond donors (Lipinski definition) is 0. The first-order valence-electron chi connectivity index (χ1n) is 6.20. The summed E-state index contributed by atoms with van der Waals surface area (Å²) in [5, 5.41) is 11.3. The van der Waals surface area contributed by atoms with Gasteiger partial charge < -0.3 is 23.4 Å². The van der Waals surface area contributed by atoms with E-state index >= 15 is 0 Å². The summed E-state index contributed by atoms with van der Waals surface area (Å²) < 4.78 is 0. The van der Waals surface area contributed by atoms with Crippen molar-refractivity contribution in [1.82, 2.24) is 0 Å². The van der Waals surface area contributed by atoms with E-state index in [1.807, 2.05) is 0 Å². The maximum Gasteiger partial charge on any atom is 4.00 e. The summed E-state index contributed by atoms with van der Waals surface area (Å²) in [7, 11) is 7.00. The largest absolute Gasteiger partial charge is 4.00 e. The molecule has 3 nitrogen and oxygen atoms in total. The van der Waals surface area contributed by atoms with Crippen LogP contribution in [-0.2, 0) is 26.2 Å². The molecule has 0 spiro atoms. The Labute approximate surface area is 140 Å². The van der Waals surface area contributed by atoms with Gasteiger partial charge in [-0.25, -0.2) is 0 Å². The molecule has 1 rings (SSSR count). The van der Waals surface area contributed by atoms with Gasteiger partial charge in [0.2, 0.25) is 0 Å². The Kier molecular flexibility index (Phi) is 38.8. The van der Waals surface area contributed by atoms with Gasteiger partial charge in [0.25, 0.3) is 0 Å². The Bertz CT molecular complexity index is 190. The van der Waals surface area contributed by atoms with Crippen LogP contribution in [0.5, 0.6) is 0 Å². The van der Waals surface area contributed by atoms with Crippen LogP contribution in [0.3, 0.4) is 0 Å². The van der Waals surface area contributed by atoms with E-state index in [-0.39, 0.29) is 33.6 Å². The normalized spacial score (nSPS) is 10.9. The minimum Gasteiger partial charge on any atom is -0.668 e. The van der Waals surface area contributed by atoms with E-state index in [2.05, 4.69) is 41.1 Å². The van der Waals surface area contributed by atoms with E-state index in [1.165, 1.54) is 19.3 Å². The predicted octanol–water partition coefficient (Wildman–Crippen LogP) is 4.73. The van der Waals surface area contributed by atoms with Gasteiger partial charge in [0.15, 0.2) is 0 Å². The van der Waals surface area contributed by atoms with Gasteiger partial charge in [0.1, 0.15) is 0 Å². The van der Waals surface area contributed by atoms with Crippen molar-refractivity contribution in [2.24, 2.45) is 0 Å². The molecule has 0 saturated heterocycles. The van der Waals surface area contributed by atoms with E-state index < -0.39 is 0 Å². The second-order valence-electron chi connectivity index (χ2n) is 3.72. The number of allylic oxidation sites excluding steroid dienone is 4. The summed E-state index contributed by atoms with van der Waals surface area (Å²) >= 11 is 0. The molecule has 0 amide bonds. The van der Waals surface area contributed by atoms with Crippen LogP contribution in [0.15, 0.2) is 23.8 Å². The van der Waals surface area contributed by atoms with Crippen LogP contribution in [0.4, 0.5) is 0 Å². The maximum atomic E-state index is 4.29. The molecule has 110 valence electrons. The zero-order chi connectivity index (χ0) is 13.4. The van der Waals surface area contributed by atoms with Crippen LogP contribution >= 0.6 is 0 Å². The summed E-state index contributed by atoms with van der Waals surface area (Å²) in [5.41, 5.74) is 1.57. The van der Waals surface area contributed by atoms with E-state index in [0.29, 0.717) is 0 Å². The van der Waals surface area contributed by atoms with E-state index in [1.54, 1.807) is 33.8 Å². The third kappa shape index (κ3) is 27.4. The average molecular weight is 345 g/mol. The van der Waals surface area contributed by atoms with Gasteiger partial charge in [-0.3, -0.25) is 0 Å². The van der Waals surface area contributed by atoms with Gasteiger partial charge >= 0.3 is 26.2 Å². The first-order chi connectivity index (χ1) is 8.26. The third-order valence-electron chi connectivity index (χ3n) is 1.89. The van der Waals surface area contributed by atoms with Crippen LogP contribution in [0, 0.1) is 7.43 Å². The maximum absolute atomic E-state index is 4.29. The Hall–Kier alpha value is 0.243. The molecule has 0 N–H and O–H groups in total. The van der Waals surface area contributed by atoms with E-state index in [0.717, 1.165) is 13.1 Å². The minimum absolute atomic E-state index is 0. The van der Waals surface area contributed by atoms with Crippen LogP contribution in [0.1, 0.15) is 26.2 Å². The standard InChI is InChI=1S/C10H16N.2C2H6N.CH3.Zr/c1-2-11-9-5-8-10-6-3-4-7-10;2*1-3-2;;/h3-4,6H,2,5,7-9H2,1H3;2*1-2H3;1H3;/q4*-1;+4. The van der Waals surface area contributed by atoms with Gasteiger partial charge in [-0.1, -0.05) is 37.1 Å². The van der Waals surface area contributed by atoms with Gasteiger partial charge in [0, 0.05) is 0 Å². The average Bonchev–Trinajstić information content (AvgIpc) is 2.80. The fourth-order valence-corrected chi connectivity index (χ4v) is 1.25. The second-order valence-corrected chi connectivity index (χ2v) is 3.72. The van der Waals surface area contributed by atoms with Crippen LogP contribution in [0.25, 0.3) is 16.0 Å². The monoisotopic (exact) mass is 343 g/mol. The predicted molar refractivity (Wildman–Crippen MR) is 86.7 cm³/mol. The molecular formula is C15H31N3Zr. The van der Waals surface area contributed by atoms with E-state index in [9.17, 15) is 0 Å². The molecule has 0 fully saturated rings. The minimum atomic E-state index is 0. The van der Waals surface area contributed by atoms with Crippen molar-refractivity contribution < 1.29 is 26.2 Å². The van der Waals surface area contributed by atoms with Gasteiger partial charge in [0.05, 0.1) is 0 Å². The van der Waals surface area contributed by atoms with Gasteiger partial charge in [-0.2, -0.15) is 34.7 Å². The zero-order valence-electron chi connectivity index (χ0n) is 13.6. The van der Waals surface area contributed by atoms with Crippen molar-refractivity contribution in [2.45, 2.75) is 26.2 Å². The molecule has 0 atom stereocenters. The quantitative estimate of drug-likeness (QED) is 0.511. The van der Waals surface area contributed by atoms with Gasteiger partial charge in [-0.15, -0.1) is 6.54 Å². The Morgan fingerprint density at radius 1 is 1.11 bits per heavy atom. The molecule has 0 heterocycles. The fraction of sp³-hybridized carbons (Fsp3) is 0.667. The number of nitrogens with zero attached hydrogens (tertiary/aromatic N) is 3. The summed E-state index contributed by atoms with van der Waals surface area (Å²) in [5.74, 6) is 0. The molecule has 0 aromatic heterocycles. The summed E-state index contributed by atoms with van der Waals surface area (Å²) in [6.45, 7) is 4.10. The summed E-state index contributed by atoms with van der Waals surface area (Å²) in [4.78, 5) is 0. The van der Waals surface area contributed by atoms with Crippen molar-refractivity contribution in [1.29, 1.82) is 0 Å². The topological polar surface area (TPSA) is 42.3 Å². The van der Waals surface area contributed by atoms with Crippen molar-refractivity contribution in [3.63, 3.8) is 0 Å². The molecular weight excluding hydrogens is 313 g/mol. The van der Waals surface area contributed by atoms with Crippen molar-refractivity contribution in [3.8, 4) is 0 Å². The SMILES string of the molecule is CC[N-]CCCC1=CC=CC1.C[N-]C.C[N-]C.[CH3-].[Zr+4]. The second kappa shape index (κ2) is 26.7. The van der Waals surface area contributed by atoms with Crippen LogP contribution in [0.2, 0.25) is 0 Å². The molecule has 0 unspecified atom stereocenters. The van der Waals surface area contributed by atoms with Gasteiger partial charge in [-0.05, 0) is 12.8 Å². The van der Waals surface area contributed by atoms with Crippen LogP contribution in [-0.4, -0.2) is 41.3 Å². The Balaban J connectivity index is -0.000000122. The zero-order valence-corrected chi connectivity index (χ0v) is 16.1. The Morgan fingerprint density at radius 3 is 2.00 bits per heavy atom. The first-order valence-corrected chi connectivity index (χ1v) is 6.20. The summed E-state index contributed by atoms with van der Waals surface area (Å²) in [6.07, 6.45) is 10.2. The van der Waals surface area contributed by atoms with Crippen molar-refractivity contribution in [3.05, 3.63) is 47.2 Å². The molecule has 0 bridgehead atoms. The molecule has 1 aliphatic rings. The summed E-state index contributed by atoms with van der Waals surface area (Å²) in [6, 6.07) is 0. The smallest absolute Gasteiger partial charge is 0.668 e. The van der Waals surface area contributed by atoms with Crippen molar-refractivity contribution in [2.75, 3.05) is 41.3 Å². The molecule has 0 saturated carbocycles. The fourth-order valence-electron chi connectivity index (χ4n) is 1.25. The molecule has 19 heavy (non-hydrogen) atoms. The van der Waals surface area contributed by atoms with Crippen molar-refractivity contribution >= 4 is 0 Å². The van der Waals surface area contributed by atoms with Crippen LogP contribution < -0.4 is 0 Å². The third-order valence-corrected chi connectivity index (χ3v) is 1.89. The molecule has 0 radical (unpaired) electrons. The van der Waals surface area contributed by atoms with E-state index in [4.69, 9.17) is 0 Å².